The largest absolute Gasteiger partial charge is 0.490 e. The van der Waals surface area contributed by atoms with Crippen molar-refractivity contribution < 1.29 is 18.9 Å². The first-order valence-electron chi connectivity index (χ1n) is 9.38. The molecule has 0 atom stereocenters. The molecule has 1 saturated heterocycles. The van der Waals surface area contributed by atoms with Crippen LogP contribution < -0.4 is 9.47 Å². The fourth-order valence-electron chi connectivity index (χ4n) is 3.00. The first-order chi connectivity index (χ1) is 12.7. The summed E-state index contributed by atoms with van der Waals surface area (Å²) in [7, 11) is 0. The van der Waals surface area contributed by atoms with Gasteiger partial charge in [0.25, 0.3) is 0 Å². The fraction of sp³-hybridized carbons (Fsp3) is 0.455. The summed E-state index contributed by atoms with van der Waals surface area (Å²) in [6.45, 7) is 6.91. The SMILES string of the molecule is CCC1(CC)COC(c2ccc(OCCOc3ccccc3)cc2)OC1. The second-order valence-corrected chi connectivity index (χ2v) is 6.74. The molecule has 1 fully saturated rings. The third-order valence-electron chi connectivity index (χ3n) is 5.10. The van der Waals surface area contributed by atoms with Gasteiger partial charge < -0.3 is 18.9 Å². The van der Waals surface area contributed by atoms with Crippen molar-refractivity contribution in [1.29, 1.82) is 0 Å². The van der Waals surface area contributed by atoms with E-state index in [1.165, 1.54) is 0 Å². The highest BCUT2D eigenvalue weighted by molar-refractivity contribution is 5.28. The van der Waals surface area contributed by atoms with Crippen LogP contribution in [0.5, 0.6) is 11.5 Å². The van der Waals surface area contributed by atoms with Crippen LogP contribution in [0.1, 0.15) is 38.5 Å². The van der Waals surface area contributed by atoms with E-state index in [2.05, 4.69) is 13.8 Å². The number of benzene rings is 2. The molecule has 0 aliphatic carbocycles. The van der Waals surface area contributed by atoms with E-state index in [1.54, 1.807) is 0 Å². The molecule has 2 aromatic carbocycles. The van der Waals surface area contributed by atoms with Crippen LogP contribution in [-0.2, 0) is 9.47 Å². The van der Waals surface area contributed by atoms with E-state index >= 15 is 0 Å². The van der Waals surface area contributed by atoms with Gasteiger partial charge in [-0.25, -0.2) is 0 Å². The topological polar surface area (TPSA) is 36.9 Å². The Labute approximate surface area is 156 Å². The van der Waals surface area contributed by atoms with Crippen molar-refractivity contribution in [2.24, 2.45) is 5.41 Å². The van der Waals surface area contributed by atoms with Gasteiger partial charge in [-0.1, -0.05) is 44.2 Å². The van der Waals surface area contributed by atoms with Gasteiger partial charge in [0.2, 0.25) is 0 Å². The van der Waals surface area contributed by atoms with Crippen LogP contribution in [0.15, 0.2) is 54.6 Å². The van der Waals surface area contributed by atoms with Crippen molar-refractivity contribution in [3.8, 4) is 11.5 Å². The van der Waals surface area contributed by atoms with E-state index < -0.39 is 0 Å². The average molecular weight is 356 g/mol. The van der Waals surface area contributed by atoms with Gasteiger partial charge in [0, 0.05) is 11.0 Å². The van der Waals surface area contributed by atoms with E-state index in [0.29, 0.717) is 13.2 Å². The van der Waals surface area contributed by atoms with Crippen molar-refractivity contribution in [1.82, 2.24) is 0 Å². The predicted octanol–water partition coefficient (Wildman–Crippen LogP) is 5.00. The second kappa shape index (κ2) is 9.06. The van der Waals surface area contributed by atoms with Gasteiger partial charge in [0.1, 0.15) is 24.7 Å². The van der Waals surface area contributed by atoms with Crippen LogP contribution in [0.4, 0.5) is 0 Å². The van der Waals surface area contributed by atoms with Gasteiger partial charge in [-0.3, -0.25) is 0 Å². The summed E-state index contributed by atoms with van der Waals surface area (Å²) in [6, 6.07) is 17.7. The maximum atomic E-state index is 5.97. The highest BCUT2D eigenvalue weighted by Crippen LogP contribution is 2.36. The Hall–Kier alpha value is -2.04. The summed E-state index contributed by atoms with van der Waals surface area (Å²) in [5.74, 6) is 1.67. The molecule has 26 heavy (non-hydrogen) atoms. The molecule has 1 aliphatic rings. The molecule has 0 bridgehead atoms. The van der Waals surface area contributed by atoms with E-state index in [0.717, 1.165) is 43.1 Å². The number of hydrogen-bond donors (Lipinski definition) is 0. The molecular formula is C22H28O4. The summed E-state index contributed by atoms with van der Waals surface area (Å²) in [5, 5.41) is 0. The Bertz CT molecular complexity index is 640. The maximum absolute atomic E-state index is 5.97. The highest BCUT2D eigenvalue weighted by Gasteiger charge is 2.34. The van der Waals surface area contributed by atoms with Crippen molar-refractivity contribution in [2.75, 3.05) is 26.4 Å². The monoisotopic (exact) mass is 356 g/mol. The molecule has 3 rings (SSSR count). The van der Waals surface area contributed by atoms with Crippen LogP contribution in [0.2, 0.25) is 0 Å². The third-order valence-corrected chi connectivity index (χ3v) is 5.10. The molecule has 0 spiro atoms. The molecule has 1 heterocycles. The molecule has 140 valence electrons. The smallest absolute Gasteiger partial charge is 0.183 e. The third kappa shape index (κ3) is 4.77. The molecule has 2 aromatic rings. The van der Waals surface area contributed by atoms with Crippen molar-refractivity contribution >= 4 is 0 Å². The number of para-hydroxylation sites is 1. The lowest BCUT2D eigenvalue weighted by atomic mass is 9.83. The van der Waals surface area contributed by atoms with Gasteiger partial charge in [0.15, 0.2) is 6.29 Å². The first kappa shape index (κ1) is 18.7. The lowest BCUT2D eigenvalue weighted by Gasteiger charge is -2.39. The Morgan fingerprint density at radius 2 is 1.35 bits per heavy atom. The molecule has 1 aliphatic heterocycles. The molecular weight excluding hydrogens is 328 g/mol. The van der Waals surface area contributed by atoms with Crippen LogP contribution in [-0.4, -0.2) is 26.4 Å². The minimum atomic E-state index is -0.281. The number of rotatable bonds is 8. The Balaban J connectivity index is 1.44. The zero-order valence-corrected chi connectivity index (χ0v) is 15.6. The average Bonchev–Trinajstić information content (AvgIpc) is 2.72. The van der Waals surface area contributed by atoms with E-state index in [-0.39, 0.29) is 11.7 Å². The molecule has 0 aromatic heterocycles. The molecule has 4 nitrogen and oxygen atoms in total. The van der Waals surface area contributed by atoms with Crippen LogP contribution in [0.25, 0.3) is 0 Å². The van der Waals surface area contributed by atoms with Crippen LogP contribution in [0, 0.1) is 5.41 Å². The van der Waals surface area contributed by atoms with Gasteiger partial charge in [-0.15, -0.1) is 0 Å². The molecule has 0 unspecified atom stereocenters. The maximum Gasteiger partial charge on any atom is 0.183 e. The molecule has 0 saturated carbocycles. The lowest BCUT2D eigenvalue weighted by molar-refractivity contribution is -0.235. The summed E-state index contributed by atoms with van der Waals surface area (Å²) in [4.78, 5) is 0. The van der Waals surface area contributed by atoms with E-state index in [4.69, 9.17) is 18.9 Å². The van der Waals surface area contributed by atoms with Crippen molar-refractivity contribution in [2.45, 2.75) is 33.0 Å². The normalized spacial score (nSPS) is 17.0. The first-order valence-corrected chi connectivity index (χ1v) is 9.38. The zero-order valence-electron chi connectivity index (χ0n) is 15.6. The minimum absolute atomic E-state index is 0.165. The van der Waals surface area contributed by atoms with Crippen LogP contribution in [0.3, 0.4) is 0 Å². The van der Waals surface area contributed by atoms with Gasteiger partial charge in [-0.05, 0) is 37.1 Å². The van der Waals surface area contributed by atoms with Gasteiger partial charge in [0.05, 0.1) is 13.2 Å². The Morgan fingerprint density at radius 3 is 1.88 bits per heavy atom. The molecule has 0 amide bonds. The Kier molecular flexibility index (Phi) is 6.53. The van der Waals surface area contributed by atoms with Crippen molar-refractivity contribution in [3.05, 3.63) is 60.2 Å². The Morgan fingerprint density at radius 1 is 0.808 bits per heavy atom. The fourth-order valence-corrected chi connectivity index (χ4v) is 3.00. The standard InChI is InChI=1S/C22H28O4/c1-3-22(4-2)16-25-21(26-17-22)18-10-12-20(13-11-18)24-15-14-23-19-8-6-5-7-9-19/h5-13,21H,3-4,14-17H2,1-2H3. The molecule has 0 radical (unpaired) electrons. The van der Waals surface area contributed by atoms with Crippen molar-refractivity contribution in [3.63, 3.8) is 0 Å². The number of ether oxygens (including phenoxy) is 4. The predicted molar refractivity (Wildman–Crippen MR) is 102 cm³/mol. The number of hydrogen-bond acceptors (Lipinski definition) is 4. The summed E-state index contributed by atoms with van der Waals surface area (Å²) >= 11 is 0. The zero-order chi connectivity index (χ0) is 18.2. The van der Waals surface area contributed by atoms with Crippen LogP contribution >= 0.6 is 0 Å². The molecule has 4 heteroatoms. The highest BCUT2D eigenvalue weighted by atomic mass is 16.7. The van der Waals surface area contributed by atoms with Gasteiger partial charge in [-0.2, -0.15) is 0 Å². The van der Waals surface area contributed by atoms with E-state index in [9.17, 15) is 0 Å². The minimum Gasteiger partial charge on any atom is -0.490 e. The molecule has 0 N–H and O–H groups in total. The van der Waals surface area contributed by atoms with Gasteiger partial charge >= 0.3 is 0 Å². The van der Waals surface area contributed by atoms with E-state index in [1.807, 2.05) is 54.6 Å². The quantitative estimate of drug-likeness (QED) is 0.624. The summed E-state index contributed by atoms with van der Waals surface area (Å²) in [6.07, 6.45) is 1.87. The summed E-state index contributed by atoms with van der Waals surface area (Å²) < 4.78 is 23.3. The summed E-state index contributed by atoms with van der Waals surface area (Å²) in [5.41, 5.74) is 1.19. The second-order valence-electron chi connectivity index (χ2n) is 6.74. The lowest BCUT2D eigenvalue weighted by Crippen LogP contribution is -2.37.